The van der Waals surface area contributed by atoms with E-state index >= 15 is 0 Å². The van der Waals surface area contributed by atoms with E-state index in [0.717, 1.165) is 12.6 Å². The molecule has 3 aliphatic rings. The first-order valence-corrected chi connectivity index (χ1v) is 8.06. The molecule has 1 atom stereocenters. The first-order valence-electron chi connectivity index (χ1n) is 8.06. The fourth-order valence-corrected chi connectivity index (χ4v) is 3.76. The molecule has 1 saturated heterocycles. The molecule has 2 saturated carbocycles. The smallest absolute Gasteiger partial charge is 0.314 e. The zero-order chi connectivity index (χ0) is 14.2. The maximum absolute atomic E-state index is 12.6. The summed E-state index contributed by atoms with van der Waals surface area (Å²) in [6.45, 7) is 3.40. The van der Waals surface area contributed by atoms with E-state index in [2.05, 4.69) is 10.2 Å². The monoisotopic (exact) mass is 290 g/mol. The van der Waals surface area contributed by atoms with Crippen molar-refractivity contribution in [2.45, 2.75) is 63.2 Å². The molecule has 0 bridgehead atoms. The zero-order valence-corrected chi connectivity index (χ0v) is 12.0. The molecule has 116 valence electrons. The quantitative estimate of drug-likeness (QED) is 0.855. The molecule has 0 radical (unpaired) electrons. The third-order valence-electron chi connectivity index (χ3n) is 5.27. The topological polar surface area (TPSA) is 15.3 Å². The lowest BCUT2D eigenvalue weighted by Crippen LogP contribution is -2.39. The SMILES string of the molecule is FC(F)(F)C1CCC(NCC2CCN(C3CC3)C2)CC1. The molecule has 0 amide bonds. The van der Waals surface area contributed by atoms with E-state index < -0.39 is 12.1 Å². The molecule has 1 unspecified atom stereocenters. The summed E-state index contributed by atoms with van der Waals surface area (Å²) >= 11 is 0. The van der Waals surface area contributed by atoms with Crippen LogP contribution < -0.4 is 5.32 Å². The average Bonchev–Trinajstić information content (AvgIpc) is 3.15. The zero-order valence-electron chi connectivity index (χ0n) is 12.0. The lowest BCUT2D eigenvalue weighted by molar-refractivity contribution is -0.182. The van der Waals surface area contributed by atoms with Gasteiger partial charge in [0, 0.05) is 18.6 Å². The number of hydrogen-bond acceptors (Lipinski definition) is 2. The van der Waals surface area contributed by atoms with Crippen molar-refractivity contribution in [1.29, 1.82) is 0 Å². The van der Waals surface area contributed by atoms with Crippen LogP contribution in [0, 0.1) is 11.8 Å². The van der Waals surface area contributed by atoms with Gasteiger partial charge in [-0.25, -0.2) is 0 Å². The molecule has 0 aromatic carbocycles. The minimum atomic E-state index is -3.98. The summed E-state index contributed by atoms with van der Waals surface area (Å²) in [7, 11) is 0. The number of rotatable bonds is 4. The Kier molecular flexibility index (Phi) is 4.27. The van der Waals surface area contributed by atoms with Crippen molar-refractivity contribution in [3.05, 3.63) is 0 Å². The molecule has 20 heavy (non-hydrogen) atoms. The second-order valence-corrected chi connectivity index (χ2v) is 6.88. The minimum absolute atomic E-state index is 0.306. The molecule has 0 aromatic rings. The van der Waals surface area contributed by atoms with Crippen molar-refractivity contribution in [1.82, 2.24) is 10.2 Å². The standard InChI is InChI=1S/C15H25F3N2/c16-15(17,18)12-1-3-13(4-2-12)19-9-11-7-8-20(10-11)14-5-6-14/h11-14,19H,1-10H2. The lowest BCUT2D eigenvalue weighted by atomic mass is 9.85. The Labute approximate surface area is 119 Å². The second-order valence-electron chi connectivity index (χ2n) is 6.88. The number of nitrogens with zero attached hydrogens (tertiary/aromatic N) is 1. The number of hydrogen-bond donors (Lipinski definition) is 1. The normalized spacial score (nSPS) is 36.5. The Hall–Kier alpha value is -0.290. The number of nitrogens with one attached hydrogen (secondary N) is 1. The summed E-state index contributed by atoms with van der Waals surface area (Å²) in [5, 5.41) is 3.52. The Morgan fingerprint density at radius 1 is 0.950 bits per heavy atom. The summed E-state index contributed by atoms with van der Waals surface area (Å²) in [6, 6.07) is 1.16. The van der Waals surface area contributed by atoms with Gasteiger partial charge in [-0.2, -0.15) is 13.2 Å². The minimum Gasteiger partial charge on any atom is -0.314 e. The van der Waals surface area contributed by atoms with E-state index in [1.807, 2.05) is 0 Å². The van der Waals surface area contributed by atoms with E-state index in [-0.39, 0.29) is 0 Å². The van der Waals surface area contributed by atoms with Gasteiger partial charge in [0.2, 0.25) is 0 Å². The highest BCUT2D eigenvalue weighted by Crippen LogP contribution is 2.37. The summed E-state index contributed by atoms with van der Waals surface area (Å²) in [5.74, 6) is -0.353. The van der Waals surface area contributed by atoms with Crippen molar-refractivity contribution in [2.75, 3.05) is 19.6 Å². The predicted octanol–water partition coefficient (Wildman–Crippen LogP) is 3.18. The largest absolute Gasteiger partial charge is 0.391 e. The van der Waals surface area contributed by atoms with Crippen LogP contribution in [0.25, 0.3) is 0 Å². The van der Waals surface area contributed by atoms with Crippen molar-refractivity contribution < 1.29 is 13.2 Å². The van der Waals surface area contributed by atoms with Gasteiger partial charge in [-0.05, 0) is 64.0 Å². The molecule has 1 aliphatic heterocycles. The van der Waals surface area contributed by atoms with Gasteiger partial charge in [0.1, 0.15) is 0 Å². The molecule has 3 rings (SSSR count). The molecule has 0 aromatic heterocycles. The Balaban J connectivity index is 1.34. The number of likely N-dealkylation sites (tertiary alicyclic amines) is 1. The highest BCUT2D eigenvalue weighted by atomic mass is 19.4. The first-order chi connectivity index (χ1) is 9.52. The number of alkyl halides is 3. The third-order valence-corrected chi connectivity index (χ3v) is 5.27. The van der Waals surface area contributed by atoms with Crippen molar-refractivity contribution in [3.63, 3.8) is 0 Å². The van der Waals surface area contributed by atoms with Crippen LogP contribution >= 0.6 is 0 Å². The first kappa shape index (κ1) is 14.6. The van der Waals surface area contributed by atoms with E-state index in [9.17, 15) is 13.2 Å². The maximum atomic E-state index is 12.6. The van der Waals surface area contributed by atoms with Gasteiger partial charge in [0.25, 0.3) is 0 Å². The van der Waals surface area contributed by atoms with Gasteiger partial charge in [-0.3, -0.25) is 0 Å². The van der Waals surface area contributed by atoms with Gasteiger partial charge in [0.05, 0.1) is 5.92 Å². The van der Waals surface area contributed by atoms with Gasteiger partial charge >= 0.3 is 6.18 Å². The molecule has 0 spiro atoms. The van der Waals surface area contributed by atoms with Crippen LogP contribution in [0.15, 0.2) is 0 Å². The Bertz CT molecular complexity index is 320. The van der Waals surface area contributed by atoms with Crippen LogP contribution in [0.2, 0.25) is 0 Å². The molecule has 5 heteroatoms. The van der Waals surface area contributed by atoms with Crippen molar-refractivity contribution in [3.8, 4) is 0 Å². The van der Waals surface area contributed by atoms with Gasteiger partial charge < -0.3 is 10.2 Å². The van der Waals surface area contributed by atoms with Crippen LogP contribution in [0.4, 0.5) is 13.2 Å². The van der Waals surface area contributed by atoms with Crippen LogP contribution in [-0.4, -0.2) is 42.8 Å². The van der Waals surface area contributed by atoms with Gasteiger partial charge in [-0.15, -0.1) is 0 Å². The molecule has 1 N–H and O–H groups in total. The lowest BCUT2D eigenvalue weighted by Gasteiger charge is -2.31. The van der Waals surface area contributed by atoms with E-state index in [1.165, 1.54) is 32.4 Å². The highest BCUT2D eigenvalue weighted by molar-refractivity contribution is 4.90. The number of halogens is 3. The third kappa shape index (κ3) is 3.67. The van der Waals surface area contributed by atoms with Crippen LogP contribution in [0.3, 0.4) is 0 Å². The summed E-state index contributed by atoms with van der Waals surface area (Å²) in [5.41, 5.74) is 0. The van der Waals surface area contributed by atoms with Gasteiger partial charge in [0.15, 0.2) is 0 Å². The fraction of sp³-hybridized carbons (Fsp3) is 1.00. The van der Waals surface area contributed by atoms with E-state index in [4.69, 9.17) is 0 Å². The van der Waals surface area contributed by atoms with Crippen molar-refractivity contribution >= 4 is 0 Å². The molecular formula is C15H25F3N2. The summed E-state index contributed by atoms with van der Waals surface area (Å²) in [6.07, 6.45) is 1.97. The maximum Gasteiger partial charge on any atom is 0.391 e. The fourth-order valence-electron chi connectivity index (χ4n) is 3.76. The van der Waals surface area contributed by atoms with E-state index in [0.29, 0.717) is 37.6 Å². The highest BCUT2D eigenvalue weighted by Gasteiger charge is 2.41. The van der Waals surface area contributed by atoms with Gasteiger partial charge in [-0.1, -0.05) is 0 Å². The molecule has 2 aliphatic carbocycles. The van der Waals surface area contributed by atoms with Crippen LogP contribution in [-0.2, 0) is 0 Å². The molecule has 1 heterocycles. The summed E-state index contributed by atoms with van der Waals surface area (Å²) < 4.78 is 37.8. The molecular weight excluding hydrogens is 265 g/mol. The second kappa shape index (κ2) is 5.84. The molecule has 3 fully saturated rings. The predicted molar refractivity (Wildman–Crippen MR) is 72.5 cm³/mol. The Morgan fingerprint density at radius 3 is 2.25 bits per heavy atom. The average molecular weight is 290 g/mol. The van der Waals surface area contributed by atoms with Crippen LogP contribution in [0.5, 0.6) is 0 Å². The van der Waals surface area contributed by atoms with Crippen molar-refractivity contribution in [2.24, 2.45) is 11.8 Å². The molecule has 2 nitrogen and oxygen atoms in total. The van der Waals surface area contributed by atoms with Crippen LogP contribution in [0.1, 0.15) is 44.9 Å². The van der Waals surface area contributed by atoms with E-state index in [1.54, 1.807) is 0 Å². The summed E-state index contributed by atoms with van der Waals surface area (Å²) in [4.78, 5) is 2.59. The Morgan fingerprint density at radius 2 is 1.65 bits per heavy atom.